The molecule has 0 radical (unpaired) electrons. The van der Waals surface area contributed by atoms with Crippen molar-refractivity contribution in [3.05, 3.63) is 53.7 Å². The normalized spacial score (nSPS) is 12.7. The standard InChI is InChI=1S/C16H11ClN2S/c1-19-9-14-15(10-5-2-3-8-13(10)19)18-12-7-4-6-11(17)16(12)20-14/h2-9H,1H3/p+1. The van der Waals surface area contributed by atoms with Gasteiger partial charge in [-0.25, -0.2) is 0 Å². The van der Waals surface area contributed by atoms with Crippen molar-refractivity contribution in [1.82, 2.24) is 0 Å². The first-order valence-electron chi connectivity index (χ1n) is 6.39. The number of aromatic nitrogens is 1. The molecule has 0 unspecified atom stereocenters. The molecule has 0 amide bonds. The molecule has 0 fully saturated rings. The van der Waals surface area contributed by atoms with Gasteiger partial charge < -0.3 is 5.32 Å². The predicted molar refractivity (Wildman–Crippen MR) is 84.0 cm³/mol. The van der Waals surface area contributed by atoms with Crippen molar-refractivity contribution < 1.29 is 4.57 Å². The molecule has 0 saturated carbocycles. The number of anilines is 2. The van der Waals surface area contributed by atoms with E-state index in [9.17, 15) is 0 Å². The summed E-state index contributed by atoms with van der Waals surface area (Å²) in [6.07, 6.45) is 2.15. The van der Waals surface area contributed by atoms with Crippen molar-refractivity contribution >= 4 is 45.6 Å². The summed E-state index contributed by atoms with van der Waals surface area (Å²) >= 11 is 8.02. The zero-order valence-electron chi connectivity index (χ0n) is 10.9. The van der Waals surface area contributed by atoms with Gasteiger partial charge in [-0.05, 0) is 18.2 Å². The Labute approximate surface area is 126 Å². The minimum Gasteiger partial charge on any atom is -0.353 e. The second-order valence-corrected chi connectivity index (χ2v) is 6.30. The minimum absolute atomic E-state index is 0.793. The highest BCUT2D eigenvalue weighted by atomic mass is 35.5. The fourth-order valence-electron chi connectivity index (χ4n) is 2.60. The molecule has 0 spiro atoms. The molecular weight excluding hydrogens is 288 g/mol. The third-order valence-electron chi connectivity index (χ3n) is 3.55. The number of rotatable bonds is 0. The van der Waals surface area contributed by atoms with E-state index in [-0.39, 0.29) is 0 Å². The fraction of sp³-hybridized carbons (Fsp3) is 0.0625. The number of hydrogen-bond acceptors (Lipinski definition) is 2. The topological polar surface area (TPSA) is 15.9 Å². The first-order chi connectivity index (χ1) is 9.74. The highest BCUT2D eigenvalue weighted by Gasteiger charge is 2.23. The number of nitrogens with zero attached hydrogens (tertiary/aromatic N) is 1. The van der Waals surface area contributed by atoms with Crippen LogP contribution in [0.3, 0.4) is 0 Å². The molecule has 4 heteroatoms. The summed E-state index contributed by atoms with van der Waals surface area (Å²) in [7, 11) is 2.07. The van der Waals surface area contributed by atoms with E-state index in [1.165, 1.54) is 21.5 Å². The van der Waals surface area contributed by atoms with Crippen molar-refractivity contribution in [1.29, 1.82) is 0 Å². The van der Waals surface area contributed by atoms with E-state index in [4.69, 9.17) is 11.6 Å². The van der Waals surface area contributed by atoms with Gasteiger partial charge in [-0.15, -0.1) is 0 Å². The highest BCUT2D eigenvalue weighted by Crippen LogP contribution is 2.48. The van der Waals surface area contributed by atoms with Crippen LogP contribution in [0, 0.1) is 0 Å². The largest absolute Gasteiger partial charge is 0.353 e. The van der Waals surface area contributed by atoms with Crippen molar-refractivity contribution in [2.24, 2.45) is 7.05 Å². The van der Waals surface area contributed by atoms with Crippen LogP contribution in [-0.4, -0.2) is 0 Å². The second-order valence-electron chi connectivity index (χ2n) is 4.84. The number of fused-ring (bicyclic) bond motifs is 4. The summed E-state index contributed by atoms with van der Waals surface area (Å²) in [4.78, 5) is 2.30. The number of benzene rings is 2. The molecule has 0 atom stereocenters. The molecule has 0 aliphatic carbocycles. The maximum Gasteiger partial charge on any atom is 0.214 e. The van der Waals surface area contributed by atoms with Crippen molar-refractivity contribution in [2.75, 3.05) is 5.32 Å². The quantitative estimate of drug-likeness (QED) is 0.480. The first-order valence-corrected chi connectivity index (χ1v) is 7.58. The molecule has 98 valence electrons. The van der Waals surface area contributed by atoms with Gasteiger partial charge in [0, 0.05) is 6.07 Å². The lowest BCUT2D eigenvalue weighted by Gasteiger charge is -2.21. The van der Waals surface area contributed by atoms with E-state index < -0.39 is 0 Å². The van der Waals surface area contributed by atoms with Crippen molar-refractivity contribution in [3.63, 3.8) is 0 Å². The molecule has 2 heterocycles. The molecular formula is C16H12ClN2S+. The molecule has 2 nitrogen and oxygen atoms in total. The summed E-state index contributed by atoms with van der Waals surface area (Å²) in [5, 5.41) is 5.55. The van der Waals surface area contributed by atoms with E-state index in [1.54, 1.807) is 11.8 Å². The van der Waals surface area contributed by atoms with Gasteiger partial charge in [-0.3, -0.25) is 0 Å². The molecule has 1 aliphatic rings. The molecule has 3 aromatic rings. The molecule has 1 aliphatic heterocycles. The molecule has 0 bridgehead atoms. The Kier molecular flexibility index (Phi) is 2.65. The fourth-order valence-corrected chi connectivity index (χ4v) is 3.98. The van der Waals surface area contributed by atoms with Gasteiger partial charge in [-0.2, -0.15) is 4.57 Å². The summed E-state index contributed by atoms with van der Waals surface area (Å²) in [5.74, 6) is 0. The maximum atomic E-state index is 6.30. The third-order valence-corrected chi connectivity index (χ3v) is 5.15. The Bertz CT molecular complexity index is 845. The first kappa shape index (κ1) is 12.1. The van der Waals surface area contributed by atoms with Crippen LogP contribution >= 0.6 is 23.4 Å². The predicted octanol–water partition coefficient (Wildman–Crippen LogP) is 4.53. The summed E-state index contributed by atoms with van der Waals surface area (Å²) < 4.78 is 2.16. The van der Waals surface area contributed by atoms with Crippen LogP contribution in [0.1, 0.15) is 0 Å². The number of hydrogen-bond donors (Lipinski definition) is 1. The zero-order valence-corrected chi connectivity index (χ0v) is 12.4. The molecule has 1 N–H and O–H groups in total. The molecule has 20 heavy (non-hydrogen) atoms. The Morgan fingerprint density at radius 3 is 2.85 bits per heavy atom. The molecule has 0 saturated heterocycles. The number of nitrogens with one attached hydrogen (secondary N) is 1. The van der Waals surface area contributed by atoms with Crippen LogP contribution in [0.5, 0.6) is 0 Å². The van der Waals surface area contributed by atoms with E-state index in [0.29, 0.717) is 0 Å². The minimum atomic E-state index is 0.793. The van der Waals surface area contributed by atoms with Gasteiger partial charge in [0.05, 0.1) is 26.7 Å². The van der Waals surface area contributed by atoms with Crippen molar-refractivity contribution in [2.45, 2.75) is 9.79 Å². The number of para-hydroxylation sites is 1. The number of aryl methyl sites for hydroxylation is 1. The van der Waals surface area contributed by atoms with Gasteiger partial charge in [-0.1, -0.05) is 41.6 Å². The average Bonchev–Trinajstić information content (AvgIpc) is 2.47. The average molecular weight is 300 g/mol. The van der Waals surface area contributed by atoms with Crippen LogP contribution in [0.25, 0.3) is 10.9 Å². The summed E-state index contributed by atoms with van der Waals surface area (Å²) in [5.41, 5.74) is 3.46. The summed E-state index contributed by atoms with van der Waals surface area (Å²) in [6, 6.07) is 14.4. The van der Waals surface area contributed by atoms with Crippen molar-refractivity contribution in [3.8, 4) is 0 Å². The van der Waals surface area contributed by atoms with E-state index in [2.05, 4.69) is 53.5 Å². The third kappa shape index (κ3) is 1.70. The SMILES string of the molecule is C[n+]1cc2c(c3ccccc31)Nc1cccc(Cl)c1S2. The monoisotopic (exact) mass is 299 g/mol. The van der Waals surface area contributed by atoms with E-state index in [1.807, 2.05) is 12.1 Å². The molecule has 4 rings (SSSR count). The Morgan fingerprint density at radius 1 is 1.10 bits per heavy atom. The molecule has 2 aromatic carbocycles. The lowest BCUT2D eigenvalue weighted by atomic mass is 10.1. The Hall–Kier alpha value is -1.71. The molecule has 1 aromatic heterocycles. The van der Waals surface area contributed by atoms with E-state index in [0.717, 1.165) is 15.6 Å². The Balaban J connectivity index is 2.00. The zero-order chi connectivity index (χ0) is 13.7. The van der Waals surface area contributed by atoms with Gasteiger partial charge in [0.2, 0.25) is 5.52 Å². The Morgan fingerprint density at radius 2 is 1.95 bits per heavy atom. The smallest absolute Gasteiger partial charge is 0.214 e. The van der Waals surface area contributed by atoms with Crippen LogP contribution in [0.15, 0.2) is 58.5 Å². The van der Waals surface area contributed by atoms with Gasteiger partial charge in [0.1, 0.15) is 11.9 Å². The van der Waals surface area contributed by atoms with E-state index >= 15 is 0 Å². The number of pyridine rings is 1. The van der Waals surface area contributed by atoms with Gasteiger partial charge >= 0.3 is 0 Å². The van der Waals surface area contributed by atoms with Crippen LogP contribution in [0.4, 0.5) is 11.4 Å². The summed E-state index contributed by atoms with van der Waals surface area (Å²) in [6.45, 7) is 0. The lowest BCUT2D eigenvalue weighted by molar-refractivity contribution is -0.646. The lowest BCUT2D eigenvalue weighted by Crippen LogP contribution is -2.29. The van der Waals surface area contributed by atoms with Crippen LogP contribution < -0.4 is 9.88 Å². The maximum absolute atomic E-state index is 6.30. The highest BCUT2D eigenvalue weighted by molar-refractivity contribution is 7.99. The second kappa shape index (κ2) is 4.40. The number of halogens is 1. The van der Waals surface area contributed by atoms with Crippen LogP contribution in [0.2, 0.25) is 5.02 Å². The van der Waals surface area contributed by atoms with Gasteiger partial charge in [0.15, 0.2) is 6.20 Å². The van der Waals surface area contributed by atoms with Gasteiger partial charge in [0.25, 0.3) is 0 Å². The van der Waals surface area contributed by atoms with Crippen LogP contribution in [-0.2, 0) is 7.05 Å².